The Hall–Kier alpha value is -0.370. The average molecular weight is 165 g/mol. The third-order valence-corrected chi connectivity index (χ3v) is 4.22. The minimum absolute atomic E-state index is 0.512. The second-order valence-corrected chi connectivity index (χ2v) is 4.74. The average Bonchev–Trinajstić information content (AvgIpc) is 1.87. The van der Waals surface area contributed by atoms with E-state index in [1.165, 1.54) is 12.8 Å². The Morgan fingerprint density at radius 2 is 1.67 bits per heavy atom. The minimum atomic E-state index is 0.512. The van der Waals surface area contributed by atoms with Crippen molar-refractivity contribution < 1.29 is 4.79 Å². The van der Waals surface area contributed by atoms with Crippen molar-refractivity contribution in [2.75, 3.05) is 7.05 Å². The van der Waals surface area contributed by atoms with Gasteiger partial charge in [-0.05, 0) is 31.7 Å². The molecule has 0 aromatic rings. The van der Waals surface area contributed by atoms with Gasteiger partial charge in [0.2, 0.25) is 0 Å². The van der Waals surface area contributed by atoms with Crippen LogP contribution in [0.15, 0.2) is 0 Å². The summed E-state index contributed by atoms with van der Waals surface area (Å²) >= 11 is 0. The van der Waals surface area contributed by atoms with Gasteiger partial charge in [0.25, 0.3) is 0 Å². The van der Waals surface area contributed by atoms with Crippen LogP contribution in [0.3, 0.4) is 0 Å². The maximum Gasteiger partial charge on any atom is 0.136 e. The molecule has 2 atom stereocenters. The van der Waals surface area contributed by atoms with E-state index in [0.717, 1.165) is 24.7 Å². The van der Waals surface area contributed by atoms with Gasteiger partial charge in [0.1, 0.15) is 5.78 Å². The Morgan fingerprint density at radius 1 is 1.17 bits per heavy atom. The molecule has 3 saturated heterocycles. The lowest BCUT2D eigenvalue weighted by molar-refractivity contribution is -0.141. The highest BCUT2D eigenvalue weighted by Crippen LogP contribution is 2.50. The van der Waals surface area contributed by atoms with Crippen molar-refractivity contribution in [3.05, 3.63) is 0 Å². The van der Waals surface area contributed by atoms with Crippen molar-refractivity contribution >= 4 is 5.78 Å². The predicted octanol–water partition coefficient (Wildman–Crippen LogP) is 1.06. The van der Waals surface area contributed by atoms with E-state index in [1.54, 1.807) is 0 Å². The number of Topliss-reactive ketones (excluding diaryl/α,β-unsaturated/α-hetero) is 1. The van der Waals surface area contributed by atoms with E-state index in [0.29, 0.717) is 17.9 Å². The molecule has 4 aliphatic rings. The number of nitrogens with zero attached hydrogens (tertiary/aromatic N) is 1. The zero-order valence-electron chi connectivity index (χ0n) is 7.49. The molecule has 2 nitrogen and oxygen atoms in total. The van der Waals surface area contributed by atoms with E-state index in [-0.39, 0.29) is 0 Å². The molecule has 4 fully saturated rings. The highest BCUT2D eigenvalue weighted by molar-refractivity contribution is 5.81. The topological polar surface area (TPSA) is 20.3 Å². The Balaban J connectivity index is 1.93. The third-order valence-electron chi connectivity index (χ3n) is 4.22. The smallest absolute Gasteiger partial charge is 0.136 e. The molecule has 0 radical (unpaired) electrons. The first-order valence-electron chi connectivity index (χ1n) is 4.99. The van der Waals surface area contributed by atoms with Crippen molar-refractivity contribution in [3.8, 4) is 0 Å². The molecule has 12 heavy (non-hydrogen) atoms. The zero-order valence-corrected chi connectivity index (χ0v) is 7.49. The van der Waals surface area contributed by atoms with Crippen LogP contribution in [-0.4, -0.2) is 29.8 Å². The maximum absolute atomic E-state index is 11.4. The molecule has 4 rings (SSSR count). The van der Waals surface area contributed by atoms with Gasteiger partial charge in [0, 0.05) is 24.9 Å². The molecular formula is C10H15NO. The molecule has 0 N–H and O–H groups in total. The van der Waals surface area contributed by atoms with E-state index in [1.807, 2.05) is 0 Å². The molecule has 4 bridgehead atoms. The van der Waals surface area contributed by atoms with Crippen LogP contribution in [0.5, 0.6) is 0 Å². The lowest BCUT2D eigenvalue weighted by Crippen LogP contribution is -2.63. The summed E-state index contributed by atoms with van der Waals surface area (Å²) in [5, 5.41) is 0. The Bertz CT molecular complexity index is 212. The molecule has 0 aromatic heterocycles. The van der Waals surface area contributed by atoms with Crippen molar-refractivity contribution in [1.29, 1.82) is 0 Å². The molecule has 66 valence electrons. The summed E-state index contributed by atoms with van der Waals surface area (Å²) in [6.07, 6.45) is 4.49. The van der Waals surface area contributed by atoms with Crippen LogP contribution in [0, 0.1) is 11.8 Å². The van der Waals surface area contributed by atoms with E-state index < -0.39 is 0 Å². The molecule has 0 spiro atoms. The summed E-state index contributed by atoms with van der Waals surface area (Å²) in [6.45, 7) is 0. The minimum Gasteiger partial charge on any atom is -0.300 e. The second-order valence-electron chi connectivity index (χ2n) is 4.74. The van der Waals surface area contributed by atoms with Crippen LogP contribution in [-0.2, 0) is 4.79 Å². The molecule has 3 heterocycles. The van der Waals surface area contributed by atoms with Gasteiger partial charge in [-0.15, -0.1) is 0 Å². The predicted molar refractivity (Wildman–Crippen MR) is 45.8 cm³/mol. The second kappa shape index (κ2) is 2.11. The third kappa shape index (κ3) is 0.717. The Kier molecular flexibility index (Phi) is 1.24. The monoisotopic (exact) mass is 165 g/mol. The van der Waals surface area contributed by atoms with Crippen molar-refractivity contribution in [2.24, 2.45) is 11.8 Å². The number of ketones is 1. The first-order chi connectivity index (χ1) is 5.75. The van der Waals surface area contributed by atoms with Crippen LogP contribution >= 0.6 is 0 Å². The standard InChI is InChI=1S/C10H15NO/c1-11-9-4-8(12)5-10(11)7-2-6(9)3-7/h6-7,9-10H,2-5H2,1H3. The van der Waals surface area contributed by atoms with E-state index in [9.17, 15) is 4.79 Å². The van der Waals surface area contributed by atoms with Gasteiger partial charge in [-0.1, -0.05) is 0 Å². The summed E-state index contributed by atoms with van der Waals surface area (Å²) in [5.41, 5.74) is 0. The lowest BCUT2D eigenvalue weighted by atomic mass is 9.59. The van der Waals surface area contributed by atoms with Crippen molar-refractivity contribution in [1.82, 2.24) is 4.90 Å². The fourth-order valence-corrected chi connectivity index (χ4v) is 3.42. The van der Waals surface area contributed by atoms with Crippen LogP contribution in [0.4, 0.5) is 0 Å². The van der Waals surface area contributed by atoms with Crippen molar-refractivity contribution in [2.45, 2.75) is 37.8 Å². The molecule has 2 heteroatoms. The number of carbonyl (C=O) groups excluding carboxylic acids is 1. The number of carbonyl (C=O) groups is 1. The van der Waals surface area contributed by atoms with Crippen LogP contribution in [0.2, 0.25) is 0 Å². The molecule has 1 saturated carbocycles. The van der Waals surface area contributed by atoms with Gasteiger partial charge in [0.05, 0.1) is 0 Å². The van der Waals surface area contributed by atoms with Crippen LogP contribution in [0.1, 0.15) is 25.7 Å². The number of hydrogen-bond acceptors (Lipinski definition) is 2. The molecule has 2 unspecified atom stereocenters. The summed E-state index contributed by atoms with van der Waals surface area (Å²) < 4.78 is 0. The molecule has 0 amide bonds. The van der Waals surface area contributed by atoms with E-state index in [4.69, 9.17) is 0 Å². The summed E-state index contributed by atoms with van der Waals surface area (Å²) in [4.78, 5) is 13.8. The Morgan fingerprint density at radius 3 is 2.17 bits per heavy atom. The van der Waals surface area contributed by atoms with Crippen LogP contribution < -0.4 is 0 Å². The Labute approximate surface area is 72.9 Å². The fourth-order valence-electron chi connectivity index (χ4n) is 3.42. The lowest BCUT2D eigenvalue weighted by Gasteiger charge is -2.59. The highest BCUT2D eigenvalue weighted by Gasteiger charge is 2.52. The van der Waals surface area contributed by atoms with Gasteiger partial charge in [0.15, 0.2) is 0 Å². The van der Waals surface area contributed by atoms with E-state index in [2.05, 4.69) is 11.9 Å². The fraction of sp³-hybridized carbons (Fsp3) is 0.900. The number of rotatable bonds is 0. The van der Waals surface area contributed by atoms with Gasteiger partial charge in [-0.2, -0.15) is 0 Å². The molecular weight excluding hydrogens is 150 g/mol. The molecule has 0 aromatic carbocycles. The first kappa shape index (κ1) is 7.07. The number of piperidine rings is 3. The van der Waals surface area contributed by atoms with Crippen molar-refractivity contribution in [3.63, 3.8) is 0 Å². The van der Waals surface area contributed by atoms with Crippen LogP contribution in [0.25, 0.3) is 0 Å². The quantitative estimate of drug-likeness (QED) is 0.535. The summed E-state index contributed by atoms with van der Waals surface area (Å²) in [6, 6.07) is 1.22. The maximum atomic E-state index is 11.4. The van der Waals surface area contributed by atoms with Gasteiger partial charge in [-0.25, -0.2) is 0 Å². The molecule has 1 aliphatic carbocycles. The first-order valence-corrected chi connectivity index (χ1v) is 4.99. The van der Waals surface area contributed by atoms with Gasteiger partial charge < -0.3 is 0 Å². The van der Waals surface area contributed by atoms with Gasteiger partial charge >= 0.3 is 0 Å². The van der Waals surface area contributed by atoms with Gasteiger partial charge in [-0.3, -0.25) is 9.69 Å². The number of hydrogen-bond donors (Lipinski definition) is 0. The normalized spacial score (nSPS) is 51.9. The molecule has 3 aliphatic heterocycles. The largest absolute Gasteiger partial charge is 0.300 e. The van der Waals surface area contributed by atoms with E-state index >= 15 is 0 Å². The zero-order chi connectivity index (χ0) is 8.29. The SMILES string of the molecule is CN1C2CC(=O)CC1C1CC2C1. The summed E-state index contributed by atoms with van der Waals surface area (Å²) in [5.74, 6) is 2.23. The summed E-state index contributed by atoms with van der Waals surface area (Å²) in [7, 11) is 2.21. The highest BCUT2D eigenvalue weighted by atomic mass is 16.1.